The van der Waals surface area contributed by atoms with Crippen molar-refractivity contribution in [2.24, 2.45) is 16.8 Å². The van der Waals surface area contributed by atoms with Crippen LogP contribution in [0.5, 0.6) is 0 Å². The van der Waals surface area contributed by atoms with Gasteiger partial charge in [-0.15, -0.1) is 0 Å². The summed E-state index contributed by atoms with van der Waals surface area (Å²) in [5.41, 5.74) is 6.09. The maximum atomic E-state index is 14.0. The number of benzene rings is 1. The summed E-state index contributed by atoms with van der Waals surface area (Å²) in [6, 6.07) is 5.39. The summed E-state index contributed by atoms with van der Waals surface area (Å²) < 4.78 is 14.0. The molecule has 0 heterocycles. The highest BCUT2D eigenvalue weighted by atomic mass is 19.1. The summed E-state index contributed by atoms with van der Waals surface area (Å²) in [7, 11) is 0. The van der Waals surface area contributed by atoms with E-state index in [1.165, 1.54) is 6.07 Å². The predicted octanol–water partition coefficient (Wildman–Crippen LogP) is 1.81. The van der Waals surface area contributed by atoms with Crippen molar-refractivity contribution in [1.29, 1.82) is 0 Å². The van der Waals surface area contributed by atoms with Crippen LogP contribution in [0.25, 0.3) is 0 Å². The molecule has 0 atom stereocenters. The van der Waals surface area contributed by atoms with Gasteiger partial charge in [-0.2, -0.15) is 0 Å². The minimum absolute atomic E-state index is 0.138. The molecule has 0 unspecified atom stereocenters. The van der Waals surface area contributed by atoms with Crippen molar-refractivity contribution in [2.75, 3.05) is 0 Å². The zero-order chi connectivity index (χ0) is 13.1. The third kappa shape index (κ3) is 2.61. The summed E-state index contributed by atoms with van der Waals surface area (Å²) in [5, 5.41) is 14.7. The van der Waals surface area contributed by atoms with Crippen molar-refractivity contribution >= 4 is 5.84 Å². The second kappa shape index (κ2) is 5.35. The Morgan fingerprint density at radius 1 is 1.56 bits per heavy atom. The fourth-order valence-electron chi connectivity index (χ4n) is 2.29. The molecule has 0 spiro atoms. The molecule has 1 aliphatic carbocycles. The van der Waals surface area contributed by atoms with Gasteiger partial charge in [-0.05, 0) is 24.8 Å². The highest BCUT2D eigenvalue weighted by Crippen LogP contribution is 2.26. The third-order valence-corrected chi connectivity index (χ3v) is 3.42. The summed E-state index contributed by atoms with van der Waals surface area (Å²) in [6.07, 6.45) is 2.28. The van der Waals surface area contributed by atoms with Crippen molar-refractivity contribution in [2.45, 2.75) is 32.4 Å². The van der Waals surface area contributed by atoms with E-state index in [9.17, 15) is 4.39 Å². The molecular weight excluding hydrogens is 233 g/mol. The lowest BCUT2D eigenvalue weighted by molar-refractivity contribution is 0.239. The van der Waals surface area contributed by atoms with Gasteiger partial charge < -0.3 is 16.3 Å². The van der Waals surface area contributed by atoms with Crippen LogP contribution in [0, 0.1) is 11.7 Å². The van der Waals surface area contributed by atoms with Gasteiger partial charge in [-0.25, -0.2) is 4.39 Å². The van der Waals surface area contributed by atoms with Crippen LogP contribution in [0.15, 0.2) is 23.4 Å². The first-order valence-electron chi connectivity index (χ1n) is 6.10. The Morgan fingerprint density at radius 2 is 2.28 bits per heavy atom. The average molecular weight is 251 g/mol. The number of hydrogen-bond acceptors (Lipinski definition) is 3. The molecule has 0 amide bonds. The monoisotopic (exact) mass is 251 g/mol. The first-order valence-corrected chi connectivity index (χ1v) is 6.10. The van der Waals surface area contributed by atoms with Crippen LogP contribution >= 0.6 is 0 Å². The molecule has 98 valence electrons. The SMILES string of the molecule is CC1CC(NCc2cccc(/C(N)=N/O)c2F)C1. The van der Waals surface area contributed by atoms with Gasteiger partial charge in [-0.1, -0.05) is 24.2 Å². The first-order chi connectivity index (χ1) is 8.61. The molecule has 0 bridgehead atoms. The molecule has 1 aromatic carbocycles. The average Bonchev–Trinajstić information content (AvgIpc) is 2.34. The quantitative estimate of drug-likeness (QED) is 0.331. The smallest absolute Gasteiger partial charge is 0.173 e. The summed E-state index contributed by atoms with van der Waals surface area (Å²) in [5.74, 6) is 0.134. The first kappa shape index (κ1) is 12.8. The molecule has 0 aliphatic heterocycles. The zero-order valence-electron chi connectivity index (χ0n) is 10.4. The molecule has 0 radical (unpaired) electrons. The molecule has 1 saturated carbocycles. The Kier molecular flexibility index (Phi) is 3.81. The molecule has 2 rings (SSSR count). The lowest BCUT2D eigenvalue weighted by atomic mass is 9.82. The van der Waals surface area contributed by atoms with Crippen LogP contribution in [-0.2, 0) is 6.54 Å². The van der Waals surface area contributed by atoms with E-state index in [0.717, 1.165) is 18.8 Å². The highest BCUT2D eigenvalue weighted by molar-refractivity contribution is 5.97. The Bertz CT molecular complexity index is 456. The topological polar surface area (TPSA) is 70.6 Å². The van der Waals surface area contributed by atoms with Crippen molar-refractivity contribution in [3.63, 3.8) is 0 Å². The van der Waals surface area contributed by atoms with Crippen LogP contribution in [0.4, 0.5) is 4.39 Å². The lowest BCUT2D eigenvalue weighted by Gasteiger charge is -2.33. The Balaban J connectivity index is 2.04. The van der Waals surface area contributed by atoms with E-state index in [4.69, 9.17) is 10.9 Å². The van der Waals surface area contributed by atoms with Gasteiger partial charge in [0.15, 0.2) is 5.84 Å². The molecule has 4 N–H and O–H groups in total. The van der Waals surface area contributed by atoms with E-state index in [2.05, 4.69) is 17.4 Å². The molecule has 4 nitrogen and oxygen atoms in total. The molecular formula is C13H18FN3O. The van der Waals surface area contributed by atoms with Gasteiger partial charge in [0.25, 0.3) is 0 Å². The fourth-order valence-corrected chi connectivity index (χ4v) is 2.29. The van der Waals surface area contributed by atoms with Crippen molar-refractivity contribution in [3.05, 3.63) is 35.1 Å². The standard InChI is InChI=1S/C13H18FN3O/c1-8-5-10(6-8)16-7-9-3-2-4-11(12(9)14)13(15)17-18/h2-4,8,10,16,18H,5-7H2,1H3,(H2,15,17). The number of amidine groups is 1. The minimum Gasteiger partial charge on any atom is -0.409 e. The molecule has 1 aliphatic rings. The van der Waals surface area contributed by atoms with Gasteiger partial charge in [-0.3, -0.25) is 0 Å². The second-order valence-corrected chi connectivity index (χ2v) is 4.92. The summed E-state index contributed by atoms with van der Waals surface area (Å²) in [6.45, 7) is 2.67. The van der Waals surface area contributed by atoms with Crippen molar-refractivity contribution in [1.82, 2.24) is 5.32 Å². The van der Waals surface area contributed by atoms with Gasteiger partial charge >= 0.3 is 0 Å². The van der Waals surface area contributed by atoms with Gasteiger partial charge in [0.1, 0.15) is 5.82 Å². The number of hydrogen-bond donors (Lipinski definition) is 3. The predicted molar refractivity (Wildman–Crippen MR) is 67.9 cm³/mol. The third-order valence-electron chi connectivity index (χ3n) is 3.42. The maximum absolute atomic E-state index is 14.0. The summed E-state index contributed by atoms with van der Waals surface area (Å²) in [4.78, 5) is 0. The number of nitrogens with two attached hydrogens (primary N) is 1. The molecule has 0 aromatic heterocycles. The van der Waals surface area contributed by atoms with Crippen LogP contribution in [0.2, 0.25) is 0 Å². The molecule has 0 saturated heterocycles. The van der Waals surface area contributed by atoms with Gasteiger partial charge in [0.2, 0.25) is 0 Å². The number of rotatable bonds is 4. The summed E-state index contributed by atoms with van der Waals surface area (Å²) >= 11 is 0. The normalized spacial score (nSPS) is 23.8. The van der Waals surface area contributed by atoms with E-state index in [-0.39, 0.29) is 11.4 Å². The van der Waals surface area contributed by atoms with Gasteiger partial charge in [0.05, 0.1) is 5.56 Å². The van der Waals surface area contributed by atoms with Crippen molar-refractivity contribution < 1.29 is 9.60 Å². The van der Waals surface area contributed by atoms with Crippen LogP contribution in [0.1, 0.15) is 30.9 Å². The van der Waals surface area contributed by atoms with E-state index in [1.807, 2.05) is 0 Å². The zero-order valence-corrected chi connectivity index (χ0v) is 10.4. The molecule has 1 fully saturated rings. The number of halogens is 1. The lowest BCUT2D eigenvalue weighted by Crippen LogP contribution is -2.39. The Morgan fingerprint density at radius 3 is 2.89 bits per heavy atom. The second-order valence-electron chi connectivity index (χ2n) is 4.92. The van der Waals surface area contributed by atoms with E-state index >= 15 is 0 Å². The molecule has 18 heavy (non-hydrogen) atoms. The van der Waals surface area contributed by atoms with Crippen molar-refractivity contribution in [3.8, 4) is 0 Å². The maximum Gasteiger partial charge on any atom is 0.173 e. The molecule has 5 heteroatoms. The number of nitrogens with zero attached hydrogens (tertiary/aromatic N) is 1. The largest absolute Gasteiger partial charge is 0.409 e. The Hall–Kier alpha value is -1.62. The van der Waals surface area contributed by atoms with Crippen LogP contribution in [-0.4, -0.2) is 17.1 Å². The van der Waals surface area contributed by atoms with Crippen LogP contribution < -0.4 is 11.1 Å². The van der Waals surface area contributed by atoms with E-state index < -0.39 is 5.82 Å². The van der Waals surface area contributed by atoms with E-state index in [0.29, 0.717) is 18.2 Å². The van der Waals surface area contributed by atoms with E-state index in [1.54, 1.807) is 12.1 Å². The minimum atomic E-state index is -0.423. The highest BCUT2D eigenvalue weighted by Gasteiger charge is 2.24. The number of nitrogens with one attached hydrogen (secondary N) is 1. The Labute approximate surface area is 106 Å². The van der Waals surface area contributed by atoms with Crippen LogP contribution in [0.3, 0.4) is 0 Å². The molecule has 1 aromatic rings. The fraction of sp³-hybridized carbons (Fsp3) is 0.462. The van der Waals surface area contributed by atoms with Gasteiger partial charge in [0, 0.05) is 18.2 Å². The number of oxime groups is 1.